The van der Waals surface area contributed by atoms with Crippen LogP contribution in [0, 0.1) is 24.1 Å². The van der Waals surface area contributed by atoms with E-state index in [2.05, 4.69) is 5.32 Å². The number of amides is 2. The first kappa shape index (κ1) is 16.1. The molecule has 1 saturated carbocycles. The maximum absolute atomic E-state index is 13.6. The molecular weight excluding hydrogens is 323 g/mol. The van der Waals surface area contributed by atoms with Crippen LogP contribution < -0.4 is 5.32 Å². The summed E-state index contributed by atoms with van der Waals surface area (Å²) >= 11 is 6.03. The highest BCUT2D eigenvalue weighted by Gasteiger charge is 2.55. The predicted molar refractivity (Wildman–Crippen MR) is 84.1 cm³/mol. The lowest BCUT2D eigenvalue weighted by Gasteiger charge is -2.23. The highest BCUT2D eigenvalue weighted by Crippen LogP contribution is 2.49. The number of carbonyl (C=O) groups is 2. The van der Waals surface area contributed by atoms with E-state index in [-0.39, 0.29) is 28.7 Å². The molecule has 2 atom stereocenters. The van der Waals surface area contributed by atoms with Crippen molar-refractivity contribution in [3.05, 3.63) is 28.5 Å². The lowest BCUT2D eigenvalue weighted by Crippen LogP contribution is -2.38. The third-order valence-corrected chi connectivity index (χ3v) is 5.48. The van der Waals surface area contributed by atoms with Crippen LogP contribution in [0.5, 0.6) is 0 Å². The minimum absolute atomic E-state index is 0.0187. The molecule has 23 heavy (non-hydrogen) atoms. The van der Waals surface area contributed by atoms with E-state index < -0.39 is 23.2 Å². The molecule has 1 heterocycles. The van der Waals surface area contributed by atoms with E-state index in [1.165, 1.54) is 24.0 Å². The molecule has 3 rings (SSSR count). The molecule has 1 aliphatic carbocycles. The summed E-state index contributed by atoms with van der Waals surface area (Å²) in [5.74, 6) is -1.31. The number of anilines is 1. The summed E-state index contributed by atoms with van der Waals surface area (Å²) in [5.41, 5.74) is -0.339. The molecule has 2 aliphatic rings. The Balaban J connectivity index is 1.79. The molecule has 2 fully saturated rings. The maximum atomic E-state index is 13.6. The zero-order chi connectivity index (χ0) is 16.8. The Morgan fingerprint density at radius 1 is 1.48 bits per heavy atom. The number of carboxylic acid groups (broad SMARTS) is 1. The van der Waals surface area contributed by atoms with Crippen molar-refractivity contribution >= 4 is 29.3 Å². The summed E-state index contributed by atoms with van der Waals surface area (Å²) in [7, 11) is 0. The van der Waals surface area contributed by atoms with Crippen molar-refractivity contribution in [3.8, 4) is 0 Å². The van der Waals surface area contributed by atoms with Gasteiger partial charge in [0, 0.05) is 18.7 Å². The van der Waals surface area contributed by atoms with E-state index in [1.54, 1.807) is 0 Å². The standard InChI is InChI=1S/C16H18ClFN2O3/c1-9-12(18)5-4-11(17)13(9)19-15(23)20-7-10-3-2-6-16(10,8-20)14(21)22/h4-5,10H,2-3,6-8H2,1H3,(H,19,23)(H,21,22)/t10-,16+/m0/s1. The number of fused-ring (bicyclic) bond motifs is 1. The normalized spacial score (nSPS) is 26.2. The molecule has 0 spiro atoms. The number of nitrogens with zero attached hydrogens (tertiary/aromatic N) is 1. The third kappa shape index (κ3) is 2.55. The number of aliphatic carboxylic acids is 1. The highest BCUT2D eigenvalue weighted by molar-refractivity contribution is 6.33. The molecule has 0 radical (unpaired) electrons. The van der Waals surface area contributed by atoms with Crippen LogP contribution in [0.3, 0.4) is 0 Å². The van der Waals surface area contributed by atoms with Crippen LogP contribution in [-0.2, 0) is 4.79 Å². The number of rotatable bonds is 2. The molecule has 2 amide bonds. The Morgan fingerprint density at radius 2 is 2.22 bits per heavy atom. The van der Waals surface area contributed by atoms with Gasteiger partial charge in [0.05, 0.1) is 16.1 Å². The van der Waals surface area contributed by atoms with Gasteiger partial charge in [-0.15, -0.1) is 0 Å². The van der Waals surface area contributed by atoms with Gasteiger partial charge in [-0.1, -0.05) is 18.0 Å². The van der Waals surface area contributed by atoms with Crippen LogP contribution in [0.25, 0.3) is 0 Å². The van der Waals surface area contributed by atoms with Gasteiger partial charge in [0.15, 0.2) is 0 Å². The van der Waals surface area contributed by atoms with E-state index in [0.717, 1.165) is 12.8 Å². The fraction of sp³-hybridized carbons (Fsp3) is 0.500. The molecule has 0 unspecified atom stereocenters. The Bertz CT molecular complexity index is 682. The number of carbonyl (C=O) groups excluding carboxylic acids is 1. The smallest absolute Gasteiger partial charge is 0.321 e. The summed E-state index contributed by atoms with van der Waals surface area (Å²) in [6.45, 7) is 2.13. The molecule has 124 valence electrons. The second-order valence-electron chi connectivity index (χ2n) is 6.39. The van der Waals surface area contributed by atoms with Crippen molar-refractivity contribution in [2.75, 3.05) is 18.4 Å². The monoisotopic (exact) mass is 340 g/mol. The number of halogens is 2. The van der Waals surface area contributed by atoms with Gasteiger partial charge >= 0.3 is 12.0 Å². The van der Waals surface area contributed by atoms with Crippen LogP contribution in [-0.4, -0.2) is 35.1 Å². The van der Waals surface area contributed by atoms with Crippen molar-refractivity contribution < 1.29 is 19.1 Å². The van der Waals surface area contributed by atoms with Crippen molar-refractivity contribution in [1.82, 2.24) is 4.90 Å². The third-order valence-electron chi connectivity index (χ3n) is 5.16. The second kappa shape index (κ2) is 5.67. The first-order chi connectivity index (χ1) is 10.8. The van der Waals surface area contributed by atoms with Crippen molar-refractivity contribution in [3.63, 3.8) is 0 Å². The van der Waals surface area contributed by atoms with Crippen LogP contribution >= 0.6 is 11.6 Å². The number of hydrogen-bond donors (Lipinski definition) is 2. The molecule has 0 bridgehead atoms. The van der Waals surface area contributed by atoms with Crippen LogP contribution in [0.2, 0.25) is 5.02 Å². The zero-order valence-electron chi connectivity index (χ0n) is 12.7. The van der Waals surface area contributed by atoms with Gasteiger partial charge in [-0.25, -0.2) is 9.18 Å². The number of likely N-dealkylation sites (tertiary alicyclic amines) is 1. The van der Waals surface area contributed by atoms with Gasteiger partial charge in [0.25, 0.3) is 0 Å². The average Bonchev–Trinajstić information content (AvgIpc) is 3.05. The summed E-state index contributed by atoms with van der Waals surface area (Å²) in [5, 5.41) is 12.4. The molecule has 0 aromatic heterocycles. The molecule has 7 heteroatoms. The van der Waals surface area contributed by atoms with Gasteiger partial charge < -0.3 is 15.3 Å². The van der Waals surface area contributed by atoms with Gasteiger partial charge in [-0.05, 0) is 37.8 Å². The lowest BCUT2D eigenvalue weighted by molar-refractivity contribution is -0.149. The fourth-order valence-corrected chi connectivity index (χ4v) is 4.04. The van der Waals surface area contributed by atoms with Crippen LogP contribution in [0.15, 0.2) is 12.1 Å². The number of benzene rings is 1. The highest BCUT2D eigenvalue weighted by atomic mass is 35.5. The average molecular weight is 341 g/mol. The van der Waals surface area contributed by atoms with Gasteiger partial charge in [-0.3, -0.25) is 4.79 Å². The Kier molecular flexibility index (Phi) is 3.96. The number of urea groups is 1. The molecule has 1 aromatic rings. The Hall–Kier alpha value is -1.82. The summed E-state index contributed by atoms with van der Waals surface area (Å²) < 4.78 is 13.6. The van der Waals surface area contributed by atoms with E-state index in [9.17, 15) is 19.1 Å². The number of carboxylic acids is 1. The van der Waals surface area contributed by atoms with E-state index >= 15 is 0 Å². The van der Waals surface area contributed by atoms with Gasteiger partial charge in [-0.2, -0.15) is 0 Å². The Morgan fingerprint density at radius 3 is 2.87 bits per heavy atom. The number of nitrogens with one attached hydrogen (secondary N) is 1. The van der Waals surface area contributed by atoms with Crippen LogP contribution in [0.1, 0.15) is 24.8 Å². The maximum Gasteiger partial charge on any atom is 0.321 e. The minimum Gasteiger partial charge on any atom is -0.481 e. The van der Waals surface area contributed by atoms with Gasteiger partial charge in [0.1, 0.15) is 5.82 Å². The predicted octanol–water partition coefficient (Wildman–Crippen LogP) is 3.51. The second-order valence-corrected chi connectivity index (χ2v) is 6.80. The van der Waals surface area contributed by atoms with E-state index in [0.29, 0.717) is 13.0 Å². The topological polar surface area (TPSA) is 69.6 Å². The molecule has 5 nitrogen and oxygen atoms in total. The number of hydrogen-bond acceptors (Lipinski definition) is 2. The largest absolute Gasteiger partial charge is 0.481 e. The lowest BCUT2D eigenvalue weighted by atomic mass is 9.81. The zero-order valence-corrected chi connectivity index (χ0v) is 13.5. The fourth-order valence-electron chi connectivity index (χ4n) is 3.79. The van der Waals surface area contributed by atoms with Crippen molar-refractivity contribution in [1.29, 1.82) is 0 Å². The Labute approximate surface area is 138 Å². The first-order valence-electron chi connectivity index (χ1n) is 7.59. The summed E-state index contributed by atoms with van der Waals surface area (Å²) in [6, 6.07) is 2.19. The quantitative estimate of drug-likeness (QED) is 0.865. The molecule has 1 aliphatic heterocycles. The van der Waals surface area contributed by atoms with Gasteiger partial charge in [0.2, 0.25) is 0 Å². The minimum atomic E-state index is -0.838. The van der Waals surface area contributed by atoms with E-state index in [4.69, 9.17) is 11.6 Å². The first-order valence-corrected chi connectivity index (χ1v) is 7.97. The molecule has 1 saturated heterocycles. The van der Waals surface area contributed by atoms with E-state index in [1.807, 2.05) is 0 Å². The van der Waals surface area contributed by atoms with Crippen molar-refractivity contribution in [2.45, 2.75) is 26.2 Å². The molecule has 1 aromatic carbocycles. The molecule has 2 N–H and O–H groups in total. The summed E-state index contributed by atoms with van der Waals surface area (Å²) in [4.78, 5) is 25.6. The van der Waals surface area contributed by atoms with Crippen molar-refractivity contribution in [2.24, 2.45) is 11.3 Å². The molecular formula is C16H18ClFN2O3. The summed E-state index contributed by atoms with van der Waals surface area (Å²) in [6.07, 6.45) is 2.29. The van der Waals surface area contributed by atoms with Crippen LogP contribution in [0.4, 0.5) is 14.9 Å². The SMILES string of the molecule is Cc1c(F)ccc(Cl)c1NC(=O)N1C[C@@H]2CCC[C@@]2(C(=O)O)C1.